The Labute approximate surface area is 111 Å². The fraction of sp³-hybridized carbons (Fsp3) is 0.500. The Morgan fingerprint density at radius 2 is 1.89 bits per heavy atom. The van der Waals surface area contributed by atoms with Gasteiger partial charge in [0.1, 0.15) is 12.4 Å². The average molecular weight is 247 g/mol. The topological polar surface area (TPSA) is 35.2 Å². The van der Waals surface area contributed by atoms with Crippen molar-refractivity contribution in [2.75, 3.05) is 6.61 Å². The van der Waals surface area contributed by atoms with Gasteiger partial charge in [-0.3, -0.25) is 0 Å². The first-order chi connectivity index (χ1) is 8.43. The highest BCUT2D eigenvalue weighted by Gasteiger charge is 2.08. The van der Waals surface area contributed by atoms with Crippen LogP contribution in [0.4, 0.5) is 0 Å². The van der Waals surface area contributed by atoms with E-state index in [0.29, 0.717) is 6.61 Å². The van der Waals surface area contributed by atoms with Gasteiger partial charge in [-0.15, -0.1) is 0 Å². The Morgan fingerprint density at radius 1 is 1.33 bits per heavy atom. The Hall–Kier alpha value is -1.28. The third-order valence-electron chi connectivity index (χ3n) is 3.01. The van der Waals surface area contributed by atoms with E-state index in [2.05, 4.69) is 39.5 Å². The molecule has 2 N–H and O–H groups in total. The average Bonchev–Trinajstić information content (AvgIpc) is 2.27. The summed E-state index contributed by atoms with van der Waals surface area (Å²) in [6.45, 7) is 12.7. The van der Waals surface area contributed by atoms with Gasteiger partial charge in [0.2, 0.25) is 0 Å². The first-order valence-corrected chi connectivity index (χ1v) is 6.57. The van der Waals surface area contributed by atoms with Crippen LogP contribution >= 0.6 is 0 Å². The van der Waals surface area contributed by atoms with Crippen LogP contribution in [0.15, 0.2) is 24.3 Å². The zero-order valence-electron chi connectivity index (χ0n) is 12.0. The first kappa shape index (κ1) is 14.8. The van der Waals surface area contributed by atoms with Crippen molar-refractivity contribution in [2.45, 2.75) is 46.6 Å². The van der Waals surface area contributed by atoms with Crippen molar-refractivity contribution in [2.24, 2.45) is 5.73 Å². The largest absolute Gasteiger partial charge is 0.489 e. The summed E-state index contributed by atoms with van der Waals surface area (Å²) in [5, 5.41) is 0. The molecule has 2 heteroatoms. The predicted octanol–water partition coefficient (Wildman–Crippen LogP) is 3.54. The zero-order valence-corrected chi connectivity index (χ0v) is 12.0. The monoisotopic (exact) mass is 247 g/mol. The van der Waals surface area contributed by atoms with E-state index in [1.165, 1.54) is 16.7 Å². The van der Waals surface area contributed by atoms with Gasteiger partial charge >= 0.3 is 0 Å². The summed E-state index contributed by atoms with van der Waals surface area (Å²) in [6, 6.07) is 4.60. The SMILES string of the molecule is C=C(C)COc1c(C)cc(CC(N)CC)cc1C. The molecule has 0 aliphatic heterocycles. The molecule has 0 aliphatic carbocycles. The van der Waals surface area contributed by atoms with E-state index in [-0.39, 0.29) is 6.04 Å². The lowest BCUT2D eigenvalue weighted by atomic mass is 9.99. The summed E-state index contributed by atoms with van der Waals surface area (Å²) < 4.78 is 5.78. The lowest BCUT2D eigenvalue weighted by Crippen LogP contribution is -2.21. The molecule has 1 rings (SSSR count). The van der Waals surface area contributed by atoms with Gasteiger partial charge in [-0.05, 0) is 55.9 Å². The molecule has 0 saturated carbocycles. The van der Waals surface area contributed by atoms with Crippen molar-refractivity contribution in [3.05, 3.63) is 41.0 Å². The number of benzene rings is 1. The highest BCUT2D eigenvalue weighted by molar-refractivity contribution is 5.43. The summed E-state index contributed by atoms with van der Waals surface area (Å²) in [6.07, 6.45) is 1.94. The van der Waals surface area contributed by atoms with Crippen molar-refractivity contribution in [1.29, 1.82) is 0 Å². The molecule has 0 aliphatic rings. The summed E-state index contributed by atoms with van der Waals surface area (Å²) in [4.78, 5) is 0. The molecule has 18 heavy (non-hydrogen) atoms. The van der Waals surface area contributed by atoms with Crippen LogP contribution in [-0.2, 0) is 6.42 Å². The van der Waals surface area contributed by atoms with Gasteiger partial charge in [0.15, 0.2) is 0 Å². The van der Waals surface area contributed by atoms with E-state index in [4.69, 9.17) is 10.5 Å². The molecule has 2 nitrogen and oxygen atoms in total. The molecule has 0 saturated heterocycles. The highest BCUT2D eigenvalue weighted by atomic mass is 16.5. The normalized spacial score (nSPS) is 12.3. The van der Waals surface area contributed by atoms with Crippen LogP contribution in [0.3, 0.4) is 0 Å². The second-order valence-electron chi connectivity index (χ2n) is 5.18. The second kappa shape index (κ2) is 6.60. The molecular weight excluding hydrogens is 222 g/mol. The molecule has 0 amide bonds. The Bertz CT molecular complexity index is 400. The van der Waals surface area contributed by atoms with Crippen molar-refractivity contribution < 1.29 is 4.74 Å². The highest BCUT2D eigenvalue weighted by Crippen LogP contribution is 2.25. The van der Waals surface area contributed by atoms with Crippen LogP contribution in [0, 0.1) is 13.8 Å². The molecule has 1 unspecified atom stereocenters. The van der Waals surface area contributed by atoms with Gasteiger partial charge in [0.25, 0.3) is 0 Å². The van der Waals surface area contributed by atoms with Gasteiger partial charge in [-0.25, -0.2) is 0 Å². The van der Waals surface area contributed by atoms with Crippen molar-refractivity contribution in [3.8, 4) is 5.75 Å². The summed E-state index contributed by atoms with van der Waals surface area (Å²) >= 11 is 0. The number of aryl methyl sites for hydroxylation is 2. The minimum absolute atomic E-state index is 0.242. The van der Waals surface area contributed by atoms with E-state index in [9.17, 15) is 0 Å². The lowest BCUT2D eigenvalue weighted by molar-refractivity contribution is 0.347. The Morgan fingerprint density at radius 3 is 2.33 bits per heavy atom. The maximum atomic E-state index is 6.00. The van der Waals surface area contributed by atoms with Crippen molar-refractivity contribution in [1.82, 2.24) is 0 Å². The van der Waals surface area contributed by atoms with Crippen LogP contribution in [0.25, 0.3) is 0 Å². The van der Waals surface area contributed by atoms with Crippen LogP contribution in [-0.4, -0.2) is 12.6 Å². The van der Waals surface area contributed by atoms with E-state index in [1.54, 1.807) is 0 Å². The molecule has 0 aromatic heterocycles. The third-order valence-corrected chi connectivity index (χ3v) is 3.01. The summed E-state index contributed by atoms with van der Waals surface area (Å²) in [5.41, 5.74) is 10.7. The molecule has 1 atom stereocenters. The zero-order chi connectivity index (χ0) is 13.7. The van der Waals surface area contributed by atoms with Crippen molar-refractivity contribution in [3.63, 3.8) is 0 Å². The minimum atomic E-state index is 0.242. The summed E-state index contributed by atoms with van der Waals surface area (Å²) in [5.74, 6) is 0.979. The van der Waals surface area contributed by atoms with E-state index < -0.39 is 0 Å². The van der Waals surface area contributed by atoms with Gasteiger partial charge in [0.05, 0.1) is 0 Å². The van der Waals surface area contributed by atoms with Crippen LogP contribution in [0.2, 0.25) is 0 Å². The Kier molecular flexibility index (Phi) is 5.42. The quantitative estimate of drug-likeness (QED) is 0.780. The number of hydrogen-bond acceptors (Lipinski definition) is 2. The lowest BCUT2D eigenvalue weighted by Gasteiger charge is -2.15. The molecule has 0 spiro atoms. The molecule has 0 heterocycles. The van der Waals surface area contributed by atoms with Crippen LogP contribution < -0.4 is 10.5 Å². The van der Waals surface area contributed by atoms with Gasteiger partial charge in [-0.2, -0.15) is 0 Å². The number of nitrogens with two attached hydrogens (primary N) is 1. The van der Waals surface area contributed by atoms with Crippen molar-refractivity contribution >= 4 is 0 Å². The second-order valence-corrected chi connectivity index (χ2v) is 5.18. The maximum absolute atomic E-state index is 6.00. The number of hydrogen-bond donors (Lipinski definition) is 1. The van der Waals surface area contributed by atoms with E-state index >= 15 is 0 Å². The summed E-state index contributed by atoms with van der Waals surface area (Å²) in [7, 11) is 0. The van der Waals surface area contributed by atoms with E-state index in [1.807, 2.05) is 6.92 Å². The molecule has 0 radical (unpaired) electrons. The molecule has 100 valence electrons. The molecule has 0 bridgehead atoms. The fourth-order valence-corrected chi connectivity index (χ4v) is 2.03. The third kappa shape index (κ3) is 4.19. The minimum Gasteiger partial charge on any atom is -0.489 e. The molecule has 1 aromatic rings. The molecule has 0 fully saturated rings. The smallest absolute Gasteiger partial charge is 0.125 e. The van der Waals surface area contributed by atoms with Gasteiger partial charge in [0, 0.05) is 6.04 Å². The Balaban J connectivity index is 2.86. The predicted molar refractivity (Wildman–Crippen MR) is 78.2 cm³/mol. The standard InChI is InChI=1S/C16H25NO/c1-6-15(17)9-14-7-12(4)16(13(5)8-14)18-10-11(2)3/h7-8,15H,2,6,9-10,17H2,1,3-5H3. The first-order valence-electron chi connectivity index (χ1n) is 6.57. The fourth-order valence-electron chi connectivity index (χ4n) is 2.03. The van der Waals surface area contributed by atoms with E-state index in [0.717, 1.165) is 24.2 Å². The van der Waals surface area contributed by atoms with Crippen LogP contribution in [0.1, 0.15) is 37.0 Å². The molecular formula is C16H25NO. The molecule has 1 aromatic carbocycles. The van der Waals surface area contributed by atoms with Crippen LogP contribution in [0.5, 0.6) is 5.75 Å². The number of rotatable bonds is 6. The van der Waals surface area contributed by atoms with Gasteiger partial charge < -0.3 is 10.5 Å². The number of ether oxygens (including phenoxy) is 1. The maximum Gasteiger partial charge on any atom is 0.125 e. The van der Waals surface area contributed by atoms with Gasteiger partial charge in [-0.1, -0.05) is 25.6 Å².